The molecule has 0 aliphatic heterocycles. The highest BCUT2D eigenvalue weighted by atomic mass is 19.4. The molecule has 0 fully saturated rings. The van der Waals surface area contributed by atoms with Gasteiger partial charge in [-0.2, -0.15) is 13.2 Å². The van der Waals surface area contributed by atoms with Crippen molar-refractivity contribution in [2.75, 3.05) is 25.1 Å². The maximum absolute atomic E-state index is 13.1. The summed E-state index contributed by atoms with van der Waals surface area (Å²) >= 11 is 0. The summed E-state index contributed by atoms with van der Waals surface area (Å²) in [4.78, 5) is 0. The van der Waals surface area contributed by atoms with E-state index in [-0.39, 0.29) is 25.3 Å². The van der Waals surface area contributed by atoms with Crippen LogP contribution in [0.4, 0.5) is 32.0 Å². The maximum atomic E-state index is 13.1. The fourth-order valence-electron chi connectivity index (χ4n) is 1.25. The monoisotopic (exact) mass is 287 g/mol. The zero-order valence-corrected chi connectivity index (χ0v) is 9.66. The molecule has 1 aromatic rings. The van der Waals surface area contributed by atoms with Crippen molar-refractivity contribution < 1.29 is 31.1 Å². The normalized spacial score (nSPS) is 11.7. The minimum Gasteiger partial charge on any atom is -0.383 e. The van der Waals surface area contributed by atoms with E-state index in [9.17, 15) is 26.3 Å². The fourth-order valence-corrected chi connectivity index (χ4v) is 1.25. The van der Waals surface area contributed by atoms with Crippen LogP contribution in [0.1, 0.15) is 6.42 Å². The molecule has 0 unspecified atom stereocenters. The van der Waals surface area contributed by atoms with Crippen LogP contribution in [0.5, 0.6) is 0 Å². The first-order chi connectivity index (χ1) is 8.81. The number of rotatable bonds is 6. The molecule has 8 heteroatoms. The van der Waals surface area contributed by atoms with Crippen molar-refractivity contribution in [2.24, 2.45) is 0 Å². The lowest BCUT2D eigenvalue weighted by Gasteiger charge is -2.09. The Morgan fingerprint density at radius 1 is 1.05 bits per heavy atom. The topological polar surface area (TPSA) is 21.3 Å². The van der Waals surface area contributed by atoms with Gasteiger partial charge in [0.25, 0.3) is 0 Å². The van der Waals surface area contributed by atoms with Crippen LogP contribution in [0, 0.1) is 17.5 Å². The zero-order chi connectivity index (χ0) is 14.5. The molecule has 1 N–H and O–H groups in total. The number of alkyl halides is 3. The highest BCUT2D eigenvalue weighted by molar-refractivity contribution is 5.45. The third-order valence-electron chi connectivity index (χ3n) is 2.08. The average Bonchev–Trinajstić information content (AvgIpc) is 2.32. The Morgan fingerprint density at radius 3 is 2.37 bits per heavy atom. The first-order valence-corrected chi connectivity index (χ1v) is 5.33. The third-order valence-corrected chi connectivity index (χ3v) is 2.08. The molecule has 0 atom stereocenters. The molecular weight excluding hydrogens is 276 g/mol. The van der Waals surface area contributed by atoms with Gasteiger partial charge >= 0.3 is 6.18 Å². The molecule has 0 spiro atoms. The number of hydrogen-bond donors (Lipinski definition) is 1. The van der Waals surface area contributed by atoms with E-state index in [0.29, 0.717) is 0 Å². The SMILES string of the molecule is Fc1ccc(NCCCOCC(F)(F)F)c(F)c1F. The summed E-state index contributed by atoms with van der Waals surface area (Å²) in [7, 11) is 0. The number of hydrogen-bond acceptors (Lipinski definition) is 2. The first-order valence-electron chi connectivity index (χ1n) is 5.33. The van der Waals surface area contributed by atoms with Crippen LogP contribution in [-0.4, -0.2) is 25.9 Å². The summed E-state index contributed by atoms with van der Waals surface area (Å²) in [6, 6.07) is 1.76. The lowest BCUT2D eigenvalue weighted by atomic mass is 10.2. The van der Waals surface area contributed by atoms with Crippen molar-refractivity contribution in [1.29, 1.82) is 0 Å². The van der Waals surface area contributed by atoms with E-state index in [4.69, 9.17) is 0 Å². The number of ether oxygens (including phenoxy) is 1. The van der Waals surface area contributed by atoms with Gasteiger partial charge in [0.15, 0.2) is 17.5 Å². The molecule has 0 heterocycles. The number of nitrogens with one attached hydrogen (secondary N) is 1. The summed E-state index contributed by atoms with van der Waals surface area (Å²) in [6.07, 6.45) is -4.23. The molecule has 0 aliphatic rings. The predicted molar refractivity (Wildman–Crippen MR) is 56.3 cm³/mol. The van der Waals surface area contributed by atoms with Gasteiger partial charge < -0.3 is 10.1 Å². The minimum atomic E-state index is -4.39. The van der Waals surface area contributed by atoms with Crippen LogP contribution in [0.3, 0.4) is 0 Å². The summed E-state index contributed by atoms with van der Waals surface area (Å²) in [5, 5.41) is 2.44. The van der Waals surface area contributed by atoms with E-state index in [1.807, 2.05) is 0 Å². The molecule has 1 aromatic carbocycles. The van der Waals surface area contributed by atoms with Crippen LogP contribution in [-0.2, 0) is 4.74 Å². The second-order valence-electron chi connectivity index (χ2n) is 3.67. The van der Waals surface area contributed by atoms with Crippen molar-refractivity contribution in [2.45, 2.75) is 12.6 Å². The summed E-state index contributed by atoms with van der Waals surface area (Å²) < 4.78 is 77.9. The Labute approximate surface area is 105 Å². The zero-order valence-electron chi connectivity index (χ0n) is 9.66. The van der Waals surface area contributed by atoms with Gasteiger partial charge in [0, 0.05) is 13.2 Å². The Morgan fingerprint density at radius 2 is 1.74 bits per heavy atom. The Kier molecular flexibility index (Phi) is 5.46. The standard InChI is InChI=1S/C11H11F6NO/c12-7-2-3-8(10(14)9(7)13)18-4-1-5-19-6-11(15,16)17/h2-3,18H,1,4-6H2. The van der Waals surface area contributed by atoms with E-state index in [1.54, 1.807) is 0 Å². The van der Waals surface area contributed by atoms with Crippen LogP contribution in [0.2, 0.25) is 0 Å². The average molecular weight is 287 g/mol. The van der Waals surface area contributed by atoms with Crippen LogP contribution in [0.25, 0.3) is 0 Å². The van der Waals surface area contributed by atoms with Crippen molar-refractivity contribution in [3.05, 3.63) is 29.6 Å². The van der Waals surface area contributed by atoms with Crippen molar-refractivity contribution in [3.8, 4) is 0 Å². The fraction of sp³-hybridized carbons (Fsp3) is 0.455. The molecule has 0 radical (unpaired) electrons. The van der Waals surface area contributed by atoms with Crippen molar-refractivity contribution in [3.63, 3.8) is 0 Å². The van der Waals surface area contributed by atoms with Crippen molar-refractivity contribution in [1.82, 2.24) is 0 Å². The largest absolute Gasteiger partial charge is 0.411 e. The van der Waals surface area contributed by atoms with Crippen molar-refractivity contribution >= 4 is 5.69 Å². The Balaban J connectivity index is 2.29. The molecule has 0 amide bonds. The second-order valence-corrected chi connectivity index (χ2v) is 3.67. The third kappa shape index (κ3) is 5.37. The van der Waals surface area contributed by atoms with Gasteiger partial charge in [0.2, 0.25) is 0 Å². The van der Waals surface area contributed by atoms with Gasteiger partial charge in [0.1, 0.15) is 6.61 Å². The quantitative estimate of drug-likeness (QED) is 0.491. The van der Waals surface area contributed by atoms with E-state index in [2.05, 4.69) is 10.1 Å². The molecule has 2 nitrogen and oxygen atoms in total. The summed E-state index contributed by atoms with van der Waals surface area (Å²) in [6.45, 7) is -1.47. The smallest absolute Gasteiger partial charge is 0.383 e. The first kappa shape index (κ1) is 15.6. The molecule has 0 aliphatic carbocycles. The second kappa shape index (κ2) is 6.65. The van der Waals surface area contributed by atoms with Gasteiger partial charge in [0.05, 0.1) is 5.69 Å². The highest BCUT2D eigenvalue weighted by Crippen LogP contribution is 2.19. The lowest BCUT2D eigenvalue weighted by molar-refractivity contribution is -0.173. The van der Waals surface area contributed by atoms with Crippen LogP contribution in [0.15, 0.2) is 12.1 Å². The molecular formula is C11H11F6NO. The van der Waals surface area contributed by atoms with Gasteiger partial charge in [-0.25, -0.2) is 13.2 Å². The van der Waals surface area contributed by atoms with Gasteiger partial charge in [-0.1, -0.05) is 0 Å². The summed E-state index contributed by atoms with van der Waals surface area (Å²) in [5.74, 6) is -4.27. The van der Waals surface area contributed by atoms with Crippen LogP contribution < -0.4 is 5.32 Å². The lowest BCUT2D eigenvalue weighted by Crippen LogP contribution is -2.18. The van der Waals surface area contributed by atoms with Gasteiger partial charge in [-0.3, -0.25) is 0 Å². The maximum Gasteiger partial charge on any atom is 0.411 e. The van der Waals surface area contributed by atoms with E-state index in [0.717, 1.165) is 12.1 Å². The van der Waals surface area contributed by atoms with Gasteiger partial charge in [-0.05, 0) is 18.6 Å². The Bertz CT molecular complexity index is 420. The molecule has 108 valence electrons. The Hall–Kier alpha value is -1.44. The molecule has 0 saturated heterocycles. The number of halogens is 6. The number of benzene rings is 1. The van der Waals surface area contributed by atoms with Gasteiger partial charge in [-0.15, -0.1) is 0 Å². The molecule has 0 bridgehead atoms. The van der Waals surface area contributed by atoms with E-state index in [1.165, 1.54) is 0 Å². The predicted octanol–water partition coefficient (Wildman–Crippen LogP) is 3.48. The summed E-state index contributed by atoms with van der Waals surface area (Å²) in [5.41, 5.74) is -0.255. The molecule has 0 aromatic heterocycles. The minimum absolute atomic E-state index is 0.0693. The number of anilines is 1. The van der Waals surface area contributed by atoms with Crippen LogP contribution >= 0.6 is 0 Å². The highest BCUT2D eigenvalue weighted by Gasteiger charge is 2.27. The molecule has 1 rings (SSSR count). The molecule has 0 saturated carbocycles. The van der Waals surface area contributed by atoms with E-state index >= 15 is 0 Å². The van der Waals surface area contributed by atoms with E-state index < -0.39 is 30.2 Å². The molecule has 19 heavy (non-hydrogen) atoms.